The summed E-state index contributed by atoms with van der Waals surface area (Å²) in [6.07, 6.45) is 2.63. The molecule has 0 N–H and O–H groups in total. The lowest BCUT2D eigenvalue weighted by Gasteiger charge is -2.36. The van der Waals surface area contributed by atoms with Crippen molar-refractivity contribution >= 4 is 5.97 Å². The summed E-state index contributed by atoms with van der Waals surface area (Å²) < 4.78 is 4.99. The van der Waals surface area contributed by atoms with Crippen LogP contribution in [0.1, 0.15) is 60.8 Å². The molecule has 0 spiro atoms. The molecule has 1 atom stereocenters. The van der Waals surface area contributed by atoms with Crippen LogP contribution < -0.4 is 0 Å². The van der Waals surface area contributed by atoms with Gasteiger partial charge >= 0.3 is 5.97 Å². The van der Waals surface area contributed by atoms with Gasteiger partial charge in [0.25, 0.3) is 0 Å². The lowest BCUT2D eigenvalue weighted by molar-refractivity contribution is -0.153. The van der Waals surface area contributed by atoms with Crippen molar-refractivity contribution in [3.05, 3.63) is 12.2 Å². The summed E-state index contributed by atoms with van der Waals surface area (Å²) in [6, 6.07) is 0. The number of methoxy groups -OCH3 is 1. The zero-order valence-electron chi connectivity index (χ0n) is 13.2. The van der Waals surface area contributed by atoms with Gasteiger partial charge in [-0.25, -0.2) is 0 Å². The van der Waals surface area contributed by atoms with E-state index in [2.05, 4.69) is 34.3 Å². The zero-order valence-corrected chi connectivity index (χ0v) is 13.2. The van der Waals surface area contributed by atoms with Gasteiger partial charge in [0.2, 0.25) is 0 Å². The largest absolute Gasteiger partial charge is 0.469 e. The number of carbonyl (C=O) groups excluding carboxylic acids is 1. The molecule has 1 unspecified atom stereocenters. The quantitative estimate of drug-likeness (QED) is 0.490. The van der Waals surface area contributed by atoms with Crippen LogP contribution in [0, 0.1) is 16.7 Å². The van der Waals surface area contributed by atoms with E-state index in [0.717, 1.165) is 18.4 Å². The topological polar surface area (TPSA) is 26.3 Å². The highest BCUT2D eigenvalue weighted by molar-refractivity contribution is 5.76. The average Bonchev–Trinajstić information content (AvgIpc) is 2.11. The highest BCUT2D eigenvalue weighted by atomic mass is 16.5. The van der Waals surface area contributed by atoms with Crippen molar-refractivity contribution in [2.24, 2.45) is 16.7 Å². The Bertz CT molecular complexity index is 302. The van der Waals surface area contributed by atoms with Crippen molar-refractivity contribution in [2.45, 2.75) is 60.8 Å². The normalized spacial score (nSPS) is 15.3. The second kappa shape index (κ2) is 6.40. The molecule has 0 aromatic rings. The fourth-order valence-electron chi connectivity index (χ4n) is 3.35. The van der Waals surface area contributed by atoms with Crippen LogP contribution in [0.2, 0.25) is 0 Å². The average molecular weight is 254 g/mol. The van der Waals surface area contributed by atoms with Gasteiger partial charge in [0.15, 0.2) is 0 Å². The Morgan fingerprint density at radius 2 is 1.78 bits per heavy atom. The molecule has 2 nitrogen and oxygen atoms in total. The molecule has 106 valence electrons. The van der Waals surface area contributed by atoms with Gasteiger partial charge in [-0.2, -0.15) is 0 Å². The molecule has 0 heterocycles. The molecule has 0 aliphatic carbocycles. The first kappa shape index (κ1) is 17.2. The van der Waals surface area contributed by atoms with E-state index in [0.29, 0.717) is 12.3 Å². The predicted molar refractivity (Wildman–Crippen MR) is 77.4 cm³/mol. The van der Waals surface area contributed by atoms with Crippen LogP contribution in [-0.4, -0.2) is 13.1 Å². The summed E-state index contributed by atoms with van der Waals surface area (Å²) in [4.78, 5) is 12.1. The number of allylic oxidation sites excluding steroid dienone is 1. The van der Waals surface area contributed by atoms with E-state index >= 15 is 0 Å². The maximum absolute atomic E-state index is 12.1. The van der Waals surface area contributed by atoms with Crippen molar-refractivity contribution in [1.29, 1.82) is 0 Å². The Balaban J connectivity index is 5.00. The molecule has 0 saturated carbocycles. The van der Waals surface area contributed by atoms with Crippen molar-refractivity contribution in [3.63, 3.8) is 0 Å². The Morgan fingerprint density at radius 1 is 1.28 bits per heavy atom. The van der Waals surface area contributed by atoms with E-state index in [1.165, 1.54) is 7.11 Å². The van der Waals surface area contributed by atoms with Crippen LogP contribution in [0.15, 0.2) is 12.2 Å². The number of carbonyl (C=O) groups is 1. The molecule has 0 aromatic heterocycles. The molecule has 0 amide bonds. The molecule has 0 radical (unpaired) electrons. The Morgan fingerprint density at radius 3 is 2.11 bits per heavy atom. The van der Waals surface area contributed by atoms with Gasteiger partial charge in [0, 0.05) is 0 Å². The summed E-state index contributed by atoms with van der Waals surface area (Å²) in [5.41, 5.74) is 0.703. The second-order valence-corrected chi connectivity index (χ2v) is 7.13. The van der Waals surface area contributed by atoms with Crippen LogP contribution in [0.4, 0.5) is 0 Å². The number of hydrogen-bond acceptors (Lipinski definition) is 2. The number of esters is 1. The van der Waals surface area contributed by atoms with Crippen molar-refractivity contribution in [2.75, 3.05) is 7.11 Å². The Labute approximate surface area is 113 Å². The lowest BCUT2D eigenvalue weighted by atomic mass is 9.68. The number of hydrogen-bond donors (Lipinski definition) is 0. The van der Waals surface area contributed by atoms with Crippen LogP contribution in [0.3, 0.4) is 0 Å². The van der Waals surface area contributed by atoms with E-state index in [4.69, 9.17) is 4.74 Å². The third kappa shape index (κ3) is 5.70. The third-order valence-electron chi connectivity index (χ3n) is 3.20. The molecule has 2 heteroatoms. The monoisotopic (exact) mass is 254 g/mol. The van der Waals surface area contributed by atoms with E-state index in [1.54, 1.807) is 0 Å². The van der Waals surface area contributed by atoms with Gasteiger partial charge in [-0.1, -0.05) is 33.3 Å². The van der Waals surface area contributed by atoms with Gasteiger partial charge in [0.05, 0.1) is 12.5 Å². The van der Waals surface area contributed by atoms with Crippen LogP contribution in [-0.2, 0) is 9.53 Å². The van der Waals surface area contributed by atoms with E-state index in [9.17, 15) is 4.79 Å². The molecule has 0 aliphatic rings. The SMILES string of the molecule is C=C(C)CC(C)(CC(C)(C)CC(C)C)C(=O)OC. The smallest absolute Gasteiger partial charge is 0.311 e. The summed E-state index contributed by atoms with van der Waals surface area (Å²) >= 11 is 0. The lowest BCUT2D eigenvalue weighted by Crippen LogP contribution is -2.35. The summed E-state index contributed by atoms with van der Waals surface area (Å²) in [7, 11) is 1.47. The van der Waals surface area contributed by atoms with Gasteiger partial charge in [0.1, 0.15) is 0 Å². The van der Waals surface area contributed by atoms with Crippen LogP contribution >= 0.6 is 0 Å². The highest BCUT2D eigenvalue weighted by Gasteiger charge is 2.39. The van der Waals surface area contributed by atoms with Crippen LogP contribution in [0.25, 0.3) is 0 Å². The molecule has 0 bridgehead atoms. The Hall–Kier alpha value is -0.790. The maximum atomic E-state index is 12.1. The molecule has 0 aliphatic heterocycles. The third-order valence-corrected chi connectivity index (χ3v) is 3.20. The van der Waals surface area contributed by atoms with Gasteiger partial charge in [-0.3, -0.25) is 4.79 Å². The van der Waals surface area contributed by atoms with Gasteiger partial charge in [-0.15, -0.1) is 6.58 Å². The van der Waals surface area contributed by atoms with E-state index < -0.39 is 5.41 Å². The zero-order chi connectivity index (χ0) is 14.6. The molecule has 0 fully saturated rings. The fourth-order valence-corrected chi connectivity index (χ4v) is 3.35. The first-order valence-electron chi connectivity index (χ1n) is 6.75. The summed E-state index contributed by atoms with van der Waals surface area (Å²) in [5, 5.41) is 0. The minimum absolute atomic E-state index is 0.123. The minimum atomic E-state index is -0.459. The fraction of sp³-hybridized carbons (Fsp3) is 0.812. The molecule has 18 heavy (non-hydrogen) atoms. The summed E-state index contributed by atoms with van der Waals surface area (Å²) in [6.45, 7) is 16.8. The van der Waals surface area contributed by atoms with E-state index in [1.807, 2.05) is 13.8 Å². The first-order valence-corrected chi connectivity index (χ1v) is 6.75. The van der Waals surface area contributed by atoms with Crippen molar-refractivity contribution in [3.8, 4) is 0 Å². The molecule has 0 rings (SSSR count). The second-order valence-electron chi connectivity index (χ2n) is 7.13. The van der Waals surface area contributed by atoms with Crippen molar-refractivity contribution in [1.82, 2.24) is 0 Å². The molecule has 0 saturated heterocycles. The Kier molecular flexibility index (Phi) is 6.12. The molecule has 0 aromatic carbocycles. The summed E-state index contributed by atoms with van der Waals surface area (Å²) in [5.74, 6) is 0.508. The highest BCUT2D eigenvalue weighted by Crippen LogP contribution is 2.42. The minimum Gasteiger partial charge on any atom is -0.469 e. The van der Waals surface area contributed by atoms with E-state index in [-0.39, 0.29) is 11.4 Å². The van der Waals surface area contributed by atoms with Gasteiger partial charge < -0.3 is 4.74 Å². The number of rotatable bonds is 7. The number of ether oxygens (including phenoxy) is 1. The standard InChI is InChI=1S/C16H30O2/c1-12(2)9-15(5,6)11-16(7,10-13(3)4)14(17)18-8/h12H,3,9-11H2,1-2,4-8H3. The van der Waals surface area contributed by atoms with Crippen molar-refractivity contribution < 1.29 is 9.53 Å². The predicted octanol–water partition coefficient (Wildman–Crippen LogP) is 4.59. The first-order chi connectivity index (χ1) is 8.02. The van der Waals surface area contributed by atoms with Crippen LogP contribution in [0.5, 0.6) is 0 Å². The maximum Gasteiger partial charge on any atom is 0.311 e. The van der Waals surface area contributed by atoms with Gasteiger partial charge in [-0.05, 0) is 44.4 Å². The molecular weight excluding hydrogens is 224 g/mol. The molecular formula is C16H30O2.